The maximum atomic E-state index is 9.02. The number of nitrogens with zero attached hydrogens (tertiary/aromatic N) is 2. The Hall–Kier alpha value is -0.880. The molecule has 1 saturated carbocycles. The van der Waals surface area contributed by atoms with Crippen LogP contribution >= 0.6 is 11.3 Å². The van der Waals surface area contributed by atoms with Crippen molar-refractivity contribution in [1.82, 2.24) is 4.98 Å². The van der Waals surface area contributed by atoms with Crippen LogP contribution in [0.5, 0.6) is 0 Å². The Morgan fingerprint density at radius 1 is 1.50 bits per heavy atom. The van der Waals surface area contributed by atoms with E-state index in [1.807, 2.05) is 0 Å². The van der Waals surface area contributed by atoms with Gasteiger partial charge in [-0.3, -0.25) is 0 Å². The monoisotopic (exact) mass is 234 g/mol. The van der Waals surface area contributed by atoms with E-state index in [1.165, 1.54) is 37.8 Å². The Labute approximate surface area is 101 Å². The van der Waals surface area contributed by atoms with Gasteiger partial charge in [-0.15, -0.1) is 11.3 Å². The van der Waals surface area contributed by atoms with Crippen molar-refractivity contribution in [3.8, 4) is 6.07 Å². The number of rotatable bonds is 3. The van der Waals surface area contributed by atoms with Gasteiger partial charge in [0.15, 0.2) is 0 Å². The lowest BCUT2D eigenvalue weighted by Crippen LogP contribution is -2.05. The summed E-state index contributed by atoms with van der Waals surface area (Å²) >= 11 is 1.67. The maximum absolute atomic E-state index is 9.02. The predicted octanol–water partition coefficient (Wildman–Crippen LogP) is 4.21. The summed E-state index contributed by atoms with van der Waals surface area (Å²) in [5.41, 5.74) is 1.24. The third-order valence-electron chi connectivity index (χ3n) is 3.43. The molecule has 2 rings (SSSR count). The average Bonchev–Trinajstić information content (AvgIpc) is 2.81. The first-order valence-corrected chi connectivity index (χ1v) is 7.08. The smallest absolute Gasteiger partial charge is 0.110 e. The Kier molecular flexibility index (Phi) is 3.95. The minimum Gasteiger partial charge on any atom is -0.245 e. The molecule has 2 nitrogen and oxygen atoms in total. The molecule has 0 amide bonds. The molecule has 0 radical (unpaired) electrons. The van der Waals surface area contributed by atoms with Gasteiger partial charge in [-0.1, -0.05) is 26.2 Å². The van der Waals surface area contributed by atoms with Gasteiger partial charge in [0, 0.05) is 11.3 Å². The van der Waals surface area contributed by atoms with Gasteiger partial charge in [0.1, 0.15) is 5.01 Å². The molecule has 0 aliphatic heterocycles. The lowest BCUT2D eigenvalue weighted by atomic mass is 9.87. The van der Waals surface area contributed by atoms with Crippen LogP contribution in [-0.2, 0) is 0 Å². The normalized spacial score (nSPS) is 19.2. The van der Waals surface area contributed by atoms with Crippen molar-refractivity contribution in [3.63, 3.8) is 0 Å². The van der Waals surface area contributed by atoms with Crippen LogP contribution < -0.4 is 0 Å². The third-order valence-corrected chi connectivity index (χ3v) is 4.40. The van der Waals surface area contributed by atoms with E-state index in [1.54, 1.807) is 11.3 Å². The minimum absolute atomic E-state index is 0.00217. The zero-order chi connectivity index (χ0) is 11.4. The zero-order valence-corrected chi connectivity index (χ0v) is 10.6. The van der Waals surface area contributed by atoms with Crippen LogP contribution in [0.2, 0.25) is 0 Å². The first-order valence-electron chi connectivity index (χ1n) is 6.20. The molecule has 1 aromatic heterocycles. The molecule has 1 heterocycles. The second kappa shape index (κ2) is 5.45. The van der Waals surface area contributed by atoms with Crippen LogP contribution in [0.25, 0.3) is 0 Å². The van der Waals surface area contributed by atoms with E-state index >= 15 is 0 Å². The van der Waals surface area contributed by atoms with Crippen LogP contribution in [0, 0.1) is 11.3 Å². The number of thiazole rings is 1. The quantitative estimate of drug-likeness (QED) is 0.785. The molecular weight excluding hydrogens is 216 g/mol. The topological polar surface area (TPSA) is 36.7 Å². The SMILES string of the molecule is CCC(C#N)c1nc(C2CCCCC2)cs1. The van der Waals surface area contributed by atoms with E-state index in [-0.39, 0.29) is 5.92 Å². The number of hydrogen-bond donors (Lipinski definition) is 0. The third kappa shape index (κ3) is 2.44. The van der Waals surface area contributed by atoms with Crippen molar-refractivity contribution in [3.05, 3.63) is 16.1 Å². The lowest BCUT2D eigenvalue weighted by Gasteiger charge is -2.19. The Balaban J connectivity index is 2.09. The molecule has 0 aromatic carbocycles. The summed E-state index contributed by atoms with van der Waals surface area (Å²) < 4.78 is 0. The molecule has 1 aliphatic rings. The van der Waals surface area contributed by atoms with Gasteiger partial charge < -0.3 is 0 Å². The fourth-order valence-electron chi connectivity index (χ4n) is 2.37. The summed E-state index contributed by atoms with van der Waals surface area (Å²) in [7, 11) is 0. The Bertz CT molecular complexity index is 372. The molecule has 1 fully saturated rings. The highest BCUT2D eigenvalue weighted by molar-refractivity contribution is 7.09. The maximum Gasteiger partial charge on any atom is 0.110 e. The molecule has 0 spiro atoms. The van der Waals surface area contributed by atoms with Gasteiger partial charge in [-0.25, -0.2) is 4.98 Å². The zero-order valence-electron chi connectivity index (χ0n) is 9.78. The fourth-order valence-corrected chi connectivity index (χ4v) is 3.40. The lowest BCUT2D eigenvalue weighted by molar-refractivity contribution is 0.437. The highest BCUT2D eigenvalue weighted by atomic mass is 32.1. The fraction of sp³-hybridized carbons (Fsp3) is 0.692. The average molecular weight is 234 g/mol. The van der Waals surface area contributed by atoms with Crippen molar-refractivity contribution in [2.75, 3.05) is 0 Å². The largest absolute Gasteiger partial charge is 0.245 e. The van der Waals surface area contributed by atoms with Gasteiger partial charge in [0.25, 0.3) is 0 Å². The van der Waals surface area contributed by atoms with Gasteiger partial charge in [0.05, 0.1) is 17.7 Å². The number of aromatic nitrogens is 1. The first-order chi connectivity index (χ1) is 7.85. The van der Waals surface area contributed by atoms with E-state index in [4.69, 9.17) is 5.26 Å². The van der Waals surface area contributed by atoms with E-state index < -0.39 is 0 Å². The molecule has 1 unspecified atom stereocenters. The van der Waals surface area contributed by atoms with Gasteiger partial charge in [-0.05, 0) is 19.3 Å². The second-order valence-electron chi connectivity index (χ2n) is 4.54. The van der Waals surface area contributed by atoms with Crippen LogP contribution in [0.4, 0.5) is 0 Å². The van der Waals surface area contributed by atoms with Crippen molar-refractivity contribution in [2.45, 2.75) is 57.3 Å². The number of nitriles is 1. The standard InChI is InChI=1S/C13H18N2S/c1-2-10(8-14)13-15-12(9-16-13)11-6-4-3-5-7-11/h9-11H,2-7H2,1H3. The minimum atomic E-state index is 0.00217. The summed E-state index contributed by atoms with van der Waals surface area (Å²) in [6, 6.07) is 2.33. The second-order valence-corrected chi connectivity index (χ2v) is 5.43. The summed E-state index contributed by atoms with van der Waals surface area (Å²) in [4.78, 5) is 4.67. The van der Waals surface area contributed by atoms with E-state index in [0.717, 1.165) is 11.4 Å². The van der Waals surface area contributed by atoms with Crippen LogP contribution in [-0.4, -0.2) is 4.98 Å². The van der Waals surface area contributed by atoms with Crippen molar-refractivity contribution in [1.29, 1.82) is 5.26 Å². The van der Waals surface area contributed by atoms with Crippen LogP contribution in [0.3, 0.4) is 0 Å². The van der Waals surface area contributed by atoms with Gasteiger partial charge in [0.2, 0.25) is 0 Å². The molecule has 3 heteroatoms. The van der Waals surface area contributed by atoms with E-state index in [9.17, 15) is 0 Å². The molecular formula is C13H18N2S. The van der Waals surface area contributed by atoms with Crippen LogP contribution in [0.1, 0.15) is 68.0 Å². The van der Waals surface area contributed by atoms with Crippen molar-refractivity contribution < 1.29 is 0 Å². The summed E-state index contributed by atoms with van der Waals surface area (Å²) in [5.74, 6) is 0.664. The summed E-state index contributed by atoms with van der Waals surface area (Å²) in [6.07, 6.45) is 7.50. The highest BCUT2D eigenvalue weighted by Gasteiger charge is 2.20. The van der Waals surface area contributed by atoms with Gasteiger partial charge >= 0.3 is 0 Å². The molecule has 1 atom stereocenters. The molecule has 86 valence electrons. The molecule has 0 N–H and O–H groups in total. The van der Waals surface area contributed by atoms with Gasteiger partial charge in [-0.2, -0.15) is 5.26 Å². The molecule has 1 aliphatic carbocycles. The van der Waals surface area contributed by atoms with Crippen molar-refractivity contribution >= 4 is 11.3 Å². The van der Waals surface area contributed by atoms with E-state index in [0.29, 0.717) is 5.92 Å². The highest BCUT2D eigenvalue weighted by Crippen LogP contribution is 2.34. The predicted molar refractivity (Wildman–Crippen MR) is 66.6 cm³/mol. The summed E-state index contributed by atoms with van der Waals surface area (Å²) in [5, 5.41) is 12.2. The summed E-state index contributed by atoms with van der Waals surface area (Å²) in [6.45, 7) is 2.05. The van der Waals surface area contributed by atoms with Crippen LogP contribution in [0.15, 0.2) is 5.38 Å². The molecule has 16 heavy (non-hydrogen) atoms. The first kappa shape index (κ1) is 11.6. The molecule has 0 bridgehead atoms. The Morgan fingerprint density at radius 3 is 2.88 bits per heavy atom. The Morgan fingerprint density at radius 2 is 2.25 bits per heavy atom. The molecule has 1 aromatic rings. The molecule has 0 saturated heterocycles. The number of hydrogen-bond acceptors (Lipinski definition) is 3. The van der Waals surface area contributed by atoms with E-state index in [2.05, 4.69) is 23.4 Å². The van der Waals surface area contributed by atoms with Crippen molar-refractivity contribution in [2.24, 2.45) is 0 Å².